The Morgan fingerprint density at radius 1 is 0.846 bits per heavy atom. The van der Waals surface area contributed by atoms with Gasteiger partial charge in [0.05, 0.1) is 0 Å². The molecule has 0 saturated heterocycles. The molecule has 0 unspecified atom stereocenters. The Morgan fingerprint density at radius 3 is 1.77 bits per heavy atom. The average Bonchev–Trinajstić information content (AvgIpc) is 2.02. The van der Waals surface area contributed by atoms with E-state index < -0.39 is 14.1 Å². The third-order valence-corrected chi connectivity index (χ3v) is 7.60. The van der Waals surface area contributed by atoms with Crippen LogP contribution in [0.5, 0.6) is 0 Å². The van der Waals surface area contributed by atoms with Crippen LogP contribution >= 0.6 is 0 Å². The topological polar surface area (TPSA) is 0 Å². The van der Waals surface area contributed by atoms with Gasteiger partial charge in [0.1, 0.15) is 0 Å². The summed E-state index contributed by atoms with van der Waals surface area (Å²) in [6.45, 7) is 12.0. The highest BCUT2D eigenvalue weighted by Gasteiger charge is 2.23. The second kappa shape index (κ2) is 7.89. The summed E-state index contributed by atoms with van der Waals surface area (Å²) in [5.74, 6) is 0. The van der Waals surface area contributed by atoms with Gasteiger partial charge in [-0.1, -0.05) is 75.1 Å². The third-order valence-electron chi connectivity index (χ3n) is 3.10. The van der Waals surface area contributed by atoms with Crippen molar-refractivity contribution in [3.8, 4) is 0 Å². The Balaban J connectivity index is 3.58. The molecule has 0 aromatic rings. The van der Waals surface area contributed by atoms with E-state index in [4.69, 9.17) is 0 Å². The van der Waals surface area contributed by atoms with Crippen molar-refractivity contribution in [3.05, 3.63) is 0 Å². The molecule has 0 aromatic heterocycles. The zero-order chi connectivity index (χ0) is 10.3. The molecule has 0 rings (SSSR count). The van der Waals surface area contributed by atoms with Gasteiger partial charge in [0.25, 0.3) is 14.1 Å². The summed E-state index contributed by atoms with van der Waals surface area (Å²) in [6.07, 6.45) is 5.79. The van der Waals surface area contributed by atoms with Crippen LogP contribution in [-0.4, -0.2) is 14.1 Å². The third kappa shape index (κ3) is 6.58. The quantitative estimate of drug-likeness (QED) is 0.404. The van der Waals surface area contributed by atoms with E-state index in [2.05, 4.69) is 34.6 Å². The molecule has 1 heteroatoms. The minimum absolute atomic E-state index is 0.423. The van der Waals surface area contributed by atoms with Crippen LogP contribution in [-0.2, 0) is 0 Å². The van der Waals surface area contributed by atoms with Crippen LogP contribution in [0.4, 0.5) is 0 Å². The number of hydrogen-bond acceptors (Lipinski definition) is 0. The number of rotatable bonds is 7. The van der Waals surface area contributed by atoms with E-state index in [1.165, 1.54) is 25.7 Å². The maximum atomic E-state index is 2.43. The lowest BCUT2D eigenvalue weighted by Crippen LogP contribution is -2.20. The summed E-state index contributed by atoms with van der Waals surface area (Å²) in [5.41, 5.74) is 0. The van der Waals surface area contributed by atoms with E-state index in [9.17, 15) is 0 Å². The van der Waals surface area contributed by atoms with Crippen molar-refractivity contribution in [2.24, 2.45) is 0 Å². The van der Waals surface area contributed by atoms with Crippen molar-refractivity contribution in [1.82, 2.24) is 0 Å². The second-order valence-corrected chi connectivity index (χ2v) is 9.57. The Bertz CT molecular complexity index is 99.7. The molecule has 0 spiro atoms. The summed E-state index contributed by atoms with van der Waals surface area (Å²) in [6, 6.07) is 0. The lowest BCUT2D eigenvalue weighted by atomic mass is 10.2. The molecule has 0 saturated carbocycles. The molecule has 0 N–H and O–H groups in total. The first kappa shape index (κ1) is 13.5. The fraction of sp³-hybridized carbons (Fsp3) is 1.00. The molecule has 78 valence electrons. The summed E-state index contributed by atoms with van der Waals surface area (Å²) < 4.78 is 2.00. The van der Waals surface area contributed by atoms with Crippen LogP contribution in [0.1, 0.15) is 60.3 Å². The van der Waals surface area contributed by atoms with Gasteiger partial charge in [-0.15, -0.1) is 0 Å². The molecule has 0 aromatic carbocycles. The predicted molar refractivity (Wildman–Crippen MR) is 64.9 cm³/mol. The van der Waals surface area contributed by atoms with Gasteiger partial charge in [-0.25, -0.2) is 0 Å². The highest BCUT2D eigenvalue weighted by atomic mass is 27.2. The lowest BCUT2D eigenvalue weighted by molar-refractivity contribution is 0.692. The highest BCUT2D eigenvalue weighted by Crippen LogP contribution is 2.25. The fourth-order valence-corrected chi connectivity index (χ4v) is 5.88. The van der Waals surface area contributed by atoms with E-state index in [0.29, 0.717) is 0 Å². The van der Waals surface area contributed by atoms with Crippen LogP contribution in [0.2, 0.25) is 14.8 Å². The molecule has 0 nitrogen and oxygen atoms in total. The number of unbranched alkanes of at least 4 members (excludes halogenated alkanes) is 3. The number of hydrogen-bond donors (Lipinski definition) is 0. The van der Waals surface area contributed by atoms with Gasteiger partial charge >= 0.3 is 0 Å². The zero-order valence-electron chi connectivity index (χ0n) is 10.3. The smallest absolute Gasteiger partial charge is 0.0935 e. The molecule has 0 aliphatic heterocycles. The van der Waals surface area contributed by atoms with E-state index in [-0.39, 0.29) is 0 Å². The first-order valence-electron chi connectivity index (χ1n) is 6.09. The van der Waals surface area contributed by atoms with E-state index >= 15 is 0 Å². The maximum Gasteiger partial charge on any atom is 0.267 e. The average molecular weight is 198 g/mol. The van der Waals surface area contributed by atoms with Crippen LogP contribution in [0.3, 0.4) is 0 Å². The largest absolute Gasteiger partial charge is 0.267 e. The summed E-state index contributed by atoms with van der Waals surface area (Å²) >= 11 is -0.423. The summed E-state index contributed by atoms with van der Waals surface area (Å²) in [4.78, 5) is 0. The van der Waals surface area contributed by atoms with Gasteiger partial charge in [-0.05, 0) is 0 Å². The minimum atomic E-state index is -0.423. The molecule has 0 bridgehead atoms. The molecule has 0 aliphatic carbocycles. The van der Waals surface area contributed by atoms with Crippen molar-refractivity contribution in [3.63, 3.8) is 0 Å². The second-order valence-electron chi connectivity index (χ2n) is 5.00. The van der Waals surface area contributed by atoms with Crippen molar-refractivity contribution in [1.29, 1.82) is 0 Å². The molecular formula is C12H27Al. The van der Waals surface area contributed by atoms with E-state index in [1.807, 2.05) is 0 Å². The van der Waals surface area contributed by atoms with Crippen molar-refractivity contribution in [2.45, 2.75) is 75.1 Å². The standard InChI is InChI=1S/C6H13.2C3H7.Al/c1-3-5-6-4-2;2*1-3-2;/h1,3-6H2,2H3;2*3H,1-2H3;. The van der Waals surface area contributed by atoms with Gasteiger partial charge in [0, 0.05) is 0 Å². The molecular weight excluding hydrogens is 171 g/mol. The van der Waals surface area contributed by atoms with Gasteiger partial charge in [-0.3, -0.25) is 0 Å². The minimum Gasteiger partial charge on any atom is -0.0935 e. The monoisotopic (exact) mass is 198 g/mol. The Hall–Kier alpha value is 0.532. The summed E-state index contributed by atoms with van der Waals surface area (Å²) in [5, 5.41) is 1.58. The zero-order valence-corrected chi connectivity index (χ0v) is 11.4. The molecule has 0 atom stereocenters. The van der Waals surface area contributed by atoms with Crippen molar-refractivity contribution >= 4 is 14.1 Å². The SMILES string of the molecule is CCCCC[CH2][Al]([CH](C)C)[CH](C)C. The lowest BCUT2D eigenvalue weighted by Gasteiger charge is -2.18. The highest BCUT2D eigenvalue weighted by molar-refractivity contribution is 6.61. The molecule has 0 radical (unpaired) electrons. The Morgan fingerprint density at radius 2 is 1.38 bits per heavy atom. The van der Waals surface area contributed by atoms with Crippen LogP contribution in [0, 0.1) is 0 Å². The van der Waals surface area contributed by atoms with Crippen LogP contribution in [0.25, 0.3) is 0 Å². The molecule has 0 heterocycles. The van der Waals surface area contributed by atoms with Crippen molar-refractivity contribution in [2.75, 3.05) is 0 Å². The Kier molecular flexibility index (Phi) is 8.22. The van der Waals surface area contributed by atoms with E-state index in [0.717, 1.165) is 9.56 Å². The molecule has 0 amide bonds. The first-order chi connectivity index (χ1) is 6.09. The van der Waals surface area contributed by atoms with Crippen LogP contribution in [0.15, 0.2) is 0 Å². The van der Waals surface area contributed by atoms with Gasteiger partial charge < -0.3 is 0 Å². The van der Waals surface area contributed by atoms with Gasteiger partial charge in [0.15, 0.2) is 0 Å². The van der Waals surface area contributed by atoms with Crippen molar-refractivity contribution < 1.29 is 0 Å². The van der Waals surface area contributed by atoms with E-state index in [1.54, 1.807) is 5.28 Å². The molecule has 0 fully saturated rings. The molecule has 0 aliphatic rings. The van der Waals surface area contributed by atoms with Crippen LogP contribution < -0.4 is 0 Å². The Labute approximate surface area is 89.5 Å². The van der Waals surface area contributed by atoms with Gasteiger partial charge in [0.2, 0.25) is 0 Å². The summed E-state index contributed by atoms with van der Waals surface area (Å²) in [7, 11) is 0. The fourth-order valence-electron chi connectivity index (χ4n) is 2.24. The van der Waals surface area contributed by atoms with Gasteiger partial charge in [-0.2, -0.15) is 0 Å². The predicted octanol–water partition coefficient (Wildman–Crippen LogP) is 4.88. The first-order valence-corrected chi connectivity index (χ1v) is 8.24. The maximum absolute atomic E-state index is 2.43. The normalized spacial score (nSPS) is 11.3. The molecule has 13 heavy (non-hydrogen) atoms.